The number of rotatable bonds is 6. The van der Waals surface area contributed by atoms with Gasteiger partial charge in [0.25, 0.3) is 0 Å². The fourth-order valence-corrected chi connectivity index (χ4v) is 4.16. The molecule has 0 saturated heterocycles. The molecule has 142 valence electrons. The Kier molecular flexibility index (Phi) is 6.06. The van der Waals surface area contributed by atoms with E-state index < -0.39 is 34.5 Å². The molecule has 1 fully saturated rings. The normalized spacial score (nSPS) is 26.8. The van der Waals surface area contributed by atoms with Crippen LogP contribution in [0.3, 0.4) is 0 Å². The quantitative estimate of drug-likeness (QED) is 0.527. The molecule has 0 aromatic rings. The van der Waals surface area contributed by atoms with Crippen molar-refractivity contribution in [3.8, 4) is 6.07 Å². The molecule has 2 unspecified atom stereocenters. The van der Waals surface area contributed by atoms with Gasteiger partial charge in [0.15, 0.2) is 11.2 Å². The largest absolute Gasteiger partial charge is 0.498 e. The number of ether oxygens (including phenoxy) is 3. The molecule has 0 radical (unpaired) electrons. The van der Waals surface area contributed by atoms with Gasteiger partial charge in [-0.25, -0.2) is 0 Å². The number of hydrogen-bond donors (Lipinski definition) is 0. The SMILES string of the molecule is CCOC(=O)C1(C(=O)OCC)CCCC2(C#N)C(=O)C=C(OCC)CC21. The minimum atomic E-state index is -1.67. The second-order valence-corrected chi connectivity index (χ2v) is 6.51. The van der Waals surface area contributed by atoms with Gasteiger partial charge in [-0.3, -0.25) is 14.4 Å². The summed E-state index contributed by atoms with van der Waals surface area (Å²) < 4.78 is 15.9. The average Bonchev–Trinajstić information content (AvgIpc) is 2.62. The van der Waals surface area contributed by atoms with Crippen molar-refractivity contribution < 1.29 is 28.6 Å². The first-order valence-electron chi connectivity index (χ1n) is 9.06. The van der Waals surface area contributed by atoms with Gasteiger partial charge in [0.1, 0.15) is 5.41 Å². The van der Waals surface area contributed by atoms with E-state index in [0.717, 1.165) is 0 Å². The minimum absolute atomic E-state index is 0.0916. The molecule has 1 saturated carbocycles. The summed E-state index contributed by atoms with van der Waals surface area (Å²) in [4.78, 5) is 38.7. The van der Waals surface area contributed by atoms with Gasteiger partial charge in [-0.05, 0) is 40.0 Å². The highest BCUT2D eigenvalue weighted by molar-refractivity contribution is 6.05. The topological polar surface area (TPSA) is 103 Å². The van der Waals surface area contributed by atoms with Crippen molar-refractivity contribution in [3.63, 3.8) is 0 Å². The lowest BCUT2D eigenvalue weighted by atomic mass is 9.50. The predicted molar refractivity (Wildman–Crippen MR) is 90.4 cm³/mol. The van der Waals surface area contributed by atoms with E-state index in [2.05, 4.69) is 6.07 Å². The van der Waals surface area contributed by atoms with Crippen LogP contribution < -0.4 is 0 Å². The smallest absolute Gasteiger partial charge is 0.323 e. The zero-order valence-electron chi connectivity index (χ0n) is 15.5. The molecule has 0 aromatic heterocycles. The fraction of sp³-hybridized carbons (Fsp3) is 0.684. The zero-order chi connectivity index (χ0) is 19.4. The lowest BCUT2D eigenvalue weighted by molar-refractivity contribution is -0.186. The van der Waals surface area contributed by atoms with Crippen LogP contribution >= 0.6 is 0 Å². The molecule has 2 atom stereocenters. The van der Waals surface area contributed by atoms with Crippen LogP contribution in [0.25, 0.3) is 0 Å². The molecular weight excluding hydrogens is 338 g/mol. The molecule has 0 aliphatic heterocycles. The molecule has 0 aromatic carbocycles. The summed E-state index contributed by atoms with van der Waals surface area (Å²) in [5.74, 6) is -2.36. The first-order valence-corrected chi connectivity index (χ1v) is 9.06. The zero-order valence-corrected chi connectivity index (χ0v) is 15.5. The third-order valence-electron chi connectivity index (χ3n) is 5.28. The second kappa shape index (κ2) is 7.90. The minimum Gasteiger partial charge on any atom is -0.498 e. The maximum atomic E-state index is 12.9. The van der Waals surface area contributed by atoms with Crippen LogP contribution in [0.4, 0.5) is 0 Å². The van der Waals surface area contributed by atoms with Crippen LogP contribution in [0, 0.1) is 28.1 Å². The number of fused-ring (bicyclic) bond motifs is 1. The van der Waals surface area contributed by atoms with Gasteiger partial charge in [-0.1, -0.05) is 0 Å². The molecule has 0 N–H and O–H groups in total. The number of esters is 2. The Bertz CT molecular complexity index is 643. The summed E-state index contributed by atoms with van der Waals surface area (Å²) in [7, 11) is 0. The molecule has 7 nitrogen and oxygen atoms in total. The number of hydrogen-bond acceptors (Lipinski definition) is 7. The van der Waals surface area contributed by atoms with Crippen molar-refractivity contribution in [1.82, 2.24) is 0 Å². The average molecular weight is 363 g/mol. The van der Waals surface area contributed by atoms with Gasteiger partial charge >= 0.3 is 11.9 Å². The molecule has 2 aliphatic carbocycles. The molecular formula is C19H25NO6. The van der Waals surface area contributed by atoms with Gasteiger partial charge in [0, 0.05) is 18.4 Å². The summed E-state index contributed by atoms with van der Waals surface area (Å²) >= 11 is 0. The molecule has 0 heterocycles. The Morgan fingerprint density at radius 1 is 1.15 bits per heavy atom. The lowest BCUT2D eigenvalue weighted by Crippen LogP contribution is -2.59. The van der Waals surface area contributed by atoms with Crippen molar-refractivity contribution in [2.75, 3.05) is 19.8 Å². The predicted octanol–water partition coefficient (Wildman–Crippen LogP) is 2.30. The molecule has 2 aliphatic rings. The number of ketones is 1. The standard InChI is InChI=1S/C19H25NO6/c1-4-24-13-10-14-18(12-20,15(21)11-13)8-7-9-19(14,16(22)25-5-2)17(23)26-6-3/h11,14H,4-10H2,1-3H3. The van der Waals surface area contributed by atoms with Crippen LogP contribution in [-0.2, 0) is 28.6 Å². The fourth-order valence-electron chi connectivity index (χ4n) is 4.16. The number of nitriles is 1. The number of nitrogens with zero attached hydrogens (tertiary/aromatic N) is 1. The van der Waals surface area contributed by atoms with E-state index in [1.165, 1.54) is 6.08 Å². The van der Waals surface area contributed by atoms with E-state index in [4.69, 9.17) is 14.2 Å². The third-order valence-corrected chi connectivity index (χ3v) is 5.28. The third kappa shape index (κ3) is 2.98. The van der Waals surface area contributed by atoms with E-state index in [1.54, 1.807) is 20.8 Å². The van der Waals surface area contributed by atoms with E-state index in [0.29, 0.717) is 25.2 Å². The summed E-state index contributed by atoms with van der Waals surface area (Å²) in [6, 6.07) is 2.12. The molecule has 0 bridgehead atoms. The lowest BCUT2D eigenvalue weighted by Gasteiger charge is -2.49. The summed E-state index contributed by atoms with van der Waals surface area (Å²) in [5, 5.41) is 9.87. The highest BCUT2D eigenvalue weighted by Crippen LogP contribution is 2.57. The van der Waals surface area contributed by atoms with Crippen molar-refractivity contribution >= 4 is 17.7 Å². The van der Waals surface area contributed by atoms with Gasteiger partial charge < -0.3 is 14.2 Å². The number of carbonyl (C=O) groups is 3. The van der Waals surface area contributed by atoms with Crippen LogP contribution in [0.1, 0.15) is 46.5 Å². The van der Waals surface area contributed by atoms with E-state index in [9.17, 15) is 19.6 Å². The Hall–Kier alpha value is -2.36. The monoisotopic (exact) mass is 363 g/mol. The van der Waals surface area contributed by atoms with Gasteiger partial charge in [-0.2, -0.15) is 5.26 Å². The van der Waals surface area contributed by atoms with Gasteiger partial charge in [0.05, 0.1) is 31.6 Å². The summed E-state index contributed by atoms with van der Waals surface area (Å²) in [6.07, 6.45) is 2.33. The van der Waals surface area contributed by atoms with Crippen molar-refractivity contribution in [1.29, 1.82) is 5.26 Å². The Balaban J connectivity index is 2.62. The van der Waals surface area contributed by atoms with Gasteiger partial charge in [0.2, 0.25) is 0 Å². The second-order valence-electron chi connectivity index (χ2n) is 6.51. The number of carbonyl (C=O) groups excluding carboxylic acids is 3. The van der Waals surface area contributed by atoms with Crippen LogP contribution in [-0.4, -0.2) is 37.5 Å². The molecule has 2 rings (SSSR count). The summed E-state index contributed by atoms with van der Waals surface area (Å²) in [6.45, 7) is 5.60. The first-order chi connectivity index (χ1) is 12.4. The van der Waals surface area contributed by atoms with E-state index >= 15 is 0 Å². The van der Waals surface area contributed by atoms with Crippen LogP contribution in [0.2, 0.25) is 0 Å². The molecule has 7 heteroatoms. The van der Waals surface area contributed by atoms with Gasteiger partial charge in [-0.15, -0.1) is 0 Å². The van der Waals surface area contributed by atoms with Crippen LogP contribution in [0.15, 0.2) is 11.8 Å². The van der Waals surface area contributed by atoms with E-state index in [-0.39, 0.29) is 26.1 Å². The molecule has 0 spiro atoms. The highest BCUT2D eigenvalue weighted by atomic mass is 16.6. The summed E-state index contributed by atoms with van der Waals surface area (Å²) in [5.41, 5.74) is -3.12. The molecule has 0 amide bonds. The van der Waals surface area contributed by atoms with E-state index in [1.807, 2.05) is 0 Å². The Morgan fingerprint density at radius 3 is 2.27 bits per heavy atom. The number of allylic oxidation sites excluding steroid dienone is 2. The maximum absolute atomic E-state index is 12.9. The highest BCUT2D eigenvalue weighted by Gasteiger charge is 2.67. The maximum Gasteiger partial charge on any atom is 0.323 e. The first kappa shape index (κ1) is 20.0. The van der Waals surface area contributed by atoms with Crippen LogP contribution in [0.5, 0.6) is 0 Å². The Labute approximate surface area is 153 Å². The van der Waals surface area contributed by atoms with Crippen molar-refractivity contribution in [2.45, 2.75) is 46.5 Å². The van der Waals surface area contributed by atoms with Crippen molar-refractivity contribution in [2.24, 2.45) is 16.7 Å². The molecule has 26 heavy (non-hydrogen) atoms. The van der Waals surface area contributed by atoms with Crippen molar-refractivity contribution in [3.05, 3.63) is 11.8 Å². The Morgan fingerprint density at radius 2 is 1.77 bits per heavy atom.